The predicted molar refractivity (Wildman–Crippen MR) is 48.9 cm³/mol. The van der Waals surface area contributed by atoms with Gasteiger partial charge in [0.2, 0.25) is 0 Å². The molecule has 5 heteroatoms. The number of aliphatic hydroxyl groups is 1. The van der Waals surface area contributed by atoms with E-state index in [2.05, 4.69) is 0 Å². The summed E-state index contributed by atoms with van der Waals surface area (Å²) in [5, 5.41) is 10.2. The molecule has 1 unspecified atom stereocenters. The average Bonchev–Trinajstić information content (AvgIpc) is 2.76. The van der Waals surface area contributed by atoms with Crippen LogP contribution in [0.15, 0.2) is 0 Å². The van der Waals surface area contributed by atoms with Gasteiger partial charge in [0.05, 0.1) is 17.1 Å². The monoisotopic (exact) mass is 205 g/mol. The van der Waals surface area contributed by atoms with E-state index in [0.29, 0.717) is 13.0 Å². The van der Waals surface area contributed by atoms with Crippen LogP contribution in [-0.2, 0) is 9.84 Å². The number of hydrogen-bond donors (Lipinski definition) is 2. The first kappa shape index (κ1) is 9.43. The Balaban J connectivity index is 2.24. The van der Waals surface area contributed by atoms with Crippen molar-refractivity contribution in [3.8, 4) is 0 Å². The van der Waals surface area contributed by atoms with Crippen LogP contribution in [0.5, 0.6) is 0 Å². The van der Waals surface area contributed by atoms with E-state index in [1.807, 2.05) is 0 Å². The Labute approximate surface area is 78.0 Å². The topological polar surface area (TPSA) is 80.4 Å². The lowest BCUT2D eigenvalue weighted by Gasteiger charge is -2.30. The van der Waals surface area contributed by atoms with Crippen molar-refractivity contribution in [2.75, 3.05) is 18.1 Å². The van der Waals surface area contributed by atoms with Crippen LogP contribution >= 0.6 is 0 Å². The molecule has 2 rings (SSSR count). The summed E-state index contributed by atoms with van der Waals surface area (Å²) in [5.41, 5.74) is 4.26. The molecule has 3 N–H and O–H groups in total. The standard InChI is InChI=1S/C8H15NO3S/c9-5-7(1-2-7)8(10)3-4-13(11,12)6-8/h10H,1-6,9H2. The molecule has 1 aliphatic heterocycles. The lowest BCUT2D eigenvalue weighted by molar-refractivity contribution is -0.00454. The van der Waals surface area contributed by atoms with Gasteiger partial charge in [-0.2, -0.15) is 0 Å². The van der Waals surface area contributed by atoms with E-state index >= 15 is 0 Å². The van der Waals surface area contributed by atoms with Gasteiger partial charge in [-0.3, -0.25) is 0 Å². The Morgan fingerprint density at radius 2 is 1.92 bits per heavy atom. The molecule has 13 heavy (non-hydrogen) atoms. The Kier molecular flexibility index (Phi) is 1.78. The van der Waals surface area contributed by atoms with E-state index < -0.39 is 15.4 Å². The fourth-order valence-corrected chi connectivity index (χ4v) is 4.23. The molecule has 4 nitrogen and oxygen atoms in total. The van der Waals surface area contributed by atoms with Gasteiger partial charge in [0.1, 0.15) is 0 Å². The Morgan fingerprint density at radius 1 is 1.31 bits per heavy atom. The number of hydrogen-bond acceptors (Lipinski definition) is 4. The molecule has 0 radical (unpaired) electrons. The summed E-state index contributed by atoms with van der Waals surface area (Å²) in [6.07, 6.45) is 2.11. The minimum absolute atomic E-state index is 0.0861. The number of sulfone groups is 1. The lowest BCUT2D eigenvalue weighted by Crippen LogP contribution is -2.44. The van der Waals surface area contributed by atoms with Gasteiger partial charge in [-0.25, -0.2) is 8.42 Å². The van der Waals surface area contributed by atoms with Crippen LogP contribution in [0.3, 0.4) is 0 Å². The summed E-state index contributed by atoms with van der Waals surface area (Å²) >= 11 is 0. The average molecular weight is 205 g/mol. The zero-order valence-corrected chi connectivity index (χ0v) is 8.31. The molecule has 1 saturated carbocycles. The van der Waals surface area contributed by atoms with Gasteiger partial charge in [0.15, 0.2) is 9.84 Å². The van der Waals surface area contributed by atoms with Crippen LogP contribution in [0.4, 0.5) is 0 Å². The summed E-state index contributed by atoms with van der Waals surface area (Å²) in [4.78, 5) is 0. The first-order valence-corrected chi connectivity index (χ1v) is 6.38. The summed E-state index contributed by atoms with van der Waals surface area (Å²) in [5.74, 6) is 0.0302. The second-order valence-corrected chi connectivity index (χ2v) is 6.54. The van der Waals surface area contributed by atoms with E-state index in [1.54, 1.807) is 0 Å². The van der Waals surface area contributed by atoms with E-state index in [0.717, 1.165) is 12.8 Å². The highest BCUT2D eigenvalue weighted by molar-refractivity contribution is 7.91. The maximum Gasteiger partial charge on any atom is 0.153 e. The zero-order chi connectivity index (χ0) is 9.74. The largest absolute Gasteiger partial charge is 0.388 e. The first-order chi connectivity index (χ1) is 5.93. The molecule has 0 bridgehead atoms. The molecule has 1 atom stereocenters. The summed E-state index contributed by atoms with van der Waals surface area (Å²) in [6.45, 7) is 0.402. The molecule has 0 aromatic heterocycles. The maximum absolute atomic E-state index is 11.2. The molecule has 0 amide bonds. The van der Waals surface area contributed by atoms with Gasteiger partial charge >= 0.3 is 0 Å². The highest BCUT2D eigenvalue weighted by Crippen LogP contribution is 2.56. The van der Waals surface area contributed by atoms with Crippen molar-refractivity contribution in [2.45, 2.75) is 24.9 Å². The van der Waals surface area contributed by atoms with E-state index in [-0.39, 0.29) is 16.9 Å². The third-order valence-electron chi connectivity index (χ3n) is 3.52. The second-order valence-electron chi connectivity index (χ2n) is 4.36. The molecule has 2 aliphatic rings. The Morgan fingerprint density at radius 3 is 2.23 bits per heavy atom. The van der Waals surface area contributed by atoms with Crippen molar-refractivity contribution in [3.63, 3.8) is 0 Å². The molecule has 1 heterocycles. The summed E-state index contributed by atoms with van der Waals surface area (Å²) < 4.78 is 22.5. The van der Waals surface area contributed by atoms with Crippen LogP contribution in [0.1, 0.15) is 19.3 Å². The van der Waals surface area contributed by atoms with Crippen molar-refractivity contribution in [1.29, 1.82) is 0 Å². The summed E-state index contributed by atoms with van der Waals surface area (Å²) in [7, 11) is -3.01. The van der Waals surface area contributed by atoms with E-state index in [4.69, 9.17) is 5.73 Å². The number of nitrogens with two attached hydrogens (primary N) is 1. The molecule has 2 fully saturated rings. The van der Waals surface area contributed by atoms with E-state index in [1.165, 1.54) is 0 Å². The quantitative estimate of drug-likeness (QED) is 0.623. The molecular formula is C8H15NO3S. The molecule has 1 aliphatic carbocycles. The molecule has 0 aromatic carbocycles. The van der Waals surface area contributed by atoms with Gasteiger partial charge in [-0.1, -0.05) is 0 Å². The number of rotatable bonds is 2. The van der Waals surface area contributed by atoms with Gasteiger partial charge in [0, 0.05) is 12.0 Å². The van der Waals surface area contributed by atoms with Crippen molar-refractivity contribution >= 4 is 9.84 Å². The Hall–Kier alpha value is -0.130. The fraction of sp³-hybridized carbons (Fsp3) is 1.00. The fourth-order valence-electron chi connectivity index (χ4n) is 2.26. The first-order valence-electron chi connectivity index (χ1n) is 4.56. The maximum atomic E-state index is 11.2. The predicted octanol–water partition coefficient (Wildman–Crippen LogP) is -0.725. The molecule has 0 spiro atoms. The normalized spacial score (nSPS) is 40.5. The van der Waals surface area contributed by atoms with Crippen LogP contribution < -0.4 is 5.73 Å². The van der Waals surface area contributed by atoms with Gasteiger partial charge in [-0.15, -0.1) is 0 Å². The molecule has 76 valence electrons. The van der Waals surface area contributed by atoms with Crippen LogP contribution in [0, 0.1) is 5.41 Å². The second kappa shape index (κ2) is 2.46. The summed E-state index contributed by atoms with van der Waals surface area (Å²) in [6, 6.07) is 0. The van der Waals surface area contributed by atoms with Gasteiger partial charge in [0.25, 0.3) is 0 Å². The SMILES string of the molecule is NCC1(C2(O)CCS(=O)(=O)C2)CC1. The van der Waals surface area contributed by atoms with Crippen molar-refractivity contribution in [2.24, 2.45) is 11.1 Å². The van der Waals surface area contributed by atoms with Crippen molar-refractivity contribution in [3.05, 3.63) is 0 Å². The van der Waals surface area contributed by atoms with Crippen molar-refractivity contribution < 1.29 is 13.5 Å². The zero-order valence-electron chi connectivity index (χ0n) is 7.49. The minimum atomic E-state index is -3.01. The van der Waals surface area contributed by atoms with Crippen LogP contribution in [-0.4, -0.2) is 37.2 Å². The van der Waals surface area contributed by atoms with E-state index in [9.17, 15) is 13.5 Å². The smallest absolute Gasteiger partial charge is 0.153 e. The van der Waals surface area contributed by atoms with Gasteiger partial charge in [-0.05, 0) is 19.3 Å². The molecular weight excluding hydrogens is 190 g/mol. The highest BCUT2D eigenvalue weighted by Gasteiger charge is 2.61. The third kappa shape index (κ3) is 1.30. The van der Waals surface area contributed by atoms with Gasteiger partial charge < -0.3 is 10.8 Å². The third-order valence-corrected chi connectivity index (χ3v) is 5.26. The molecule has 1 saturated heterocycles. The van der Waals surface area contributed by atoms with Crippen molar-refractivity contribution in [1.82, 2.24) is 0 Å². The lowest BCUT2D eigenvalue weighted by atomic mass is 9.84. The molecule has 0 aromatic rings. The minimum Gasteiger partial charge on any atom is -0.388 e. The van der Waals surface area contributed by atoms with Crippen LogP contribution in [0.2, 0.25) is 0 Å². The highest BCUT2D eigenvalue weighted by atomic mass is 32.2. The van der Waals surface area contributed by atoms with Crippen LogP contribution in [0.25, 0.3) is 0 Å². The Bertz CT molecular complexity index is 320.